The maximum Gasteiger partial charge on any atom is 0.242 e. The van der Waals surface area contributed by atoms with Crippen LogP contribution in [0, 0.1) is 17.6 Å². The third-order valence-corrected chi connectivity index (χ3v) is 6.80. The van der Waals surface area contributed by atoms with Crippen molar-refractivity contribution in [3.8, 4) is 0 Å². The van der Waals surface area contributed by atoms with Crippen LogP contribution in [0.4, 0.5) is 14.5 Å². The summed E-state index contributed by atoms with van der Waals surface area (Å²) in [4.78, 5) is 27.8. The van der Waals surface area contributed by atoms with Crippen LogP contribution in [0.1, 0.15) is 45.6 Å². The average Bonchev–Trinajstić information content (AvgIpc) is 2.82. The zero-order valence-electron chi connectivity index (χ0n) is 21.2. The summed E-state index contributed by atoms with van der Waals surface area (Å²) in [5.41, 5.74) is 0.838. The Hall–Kier alpha value is -3.01. The van der Waals surface area contributed by atoms with Gasteiger partial charge in [0, 0.05) is 32.1 Å². The van der Waals surface area contributed by atoms with Crippen molar-refractivity contribution < 1.29 is 26.8 Å². The molecule has 0 aromatic heterocycles. The number of nitrogens with zero attached hydrogens (tertiary/aromatic N) is 2. The smallest absolute Gasteiger partial charge is 0.242 e. The van der Waals surface area contributed by atoms with Crippen molar-refractivity contribution in [2.24, 2.45) is 5.92 Å². The first kappa shape index (κ1) is 29.2. The fourth-order valence-electron chi connectivity index (χ4n) is 3.77. The van der Waals surface area contributed by atoms with Gasteiger partial charge in [-0.05, 0) is 36.5 Å². The molecule has 0 heterocycles. The van der Waals surface area contributed by atoms with E-state index in [0.29, 0.717) is 13.0 Å². The zero-order valence-corrected chi connectivity index (χ0v) is 22.0. The van der Waals surface area contributed by atoms with Gasteiger partial charge in [0.25, 0.3) is 0 Å². The normalized spacial score (nSPS) is 12.3. The summed E-state index contributed by atoms with van der Waals surface area (Å²) in [6.07, 6.45) is 1.47. The molecule has 1 N–H and O–H groups in total. The van der Waals surface area contributed by atoms with E-state index in [-0.39, 0.29) is 49.4 Å². The molecule has 1 unspecified atom stereocenters. The highest BCUT2D eigenvalue weighted by atomic mass is 32.2. The van der Waals surface area contributed by atoms with Gasteiger partial charge in [0.1, 0.15) is 6.04 Å². The highest BCUT2D eigenvalue weighted by molar-refractivity contribution is 7.92. The van der Waals surface area contributed by atoms with E-state index in [1.165, 1.54) is 11.0 Å². The van der Waals surface area contributed by atoms with Gasteiger partial charge < -0.3 is 10.2 Å². The van der Waals surface area contributed by atoms with Crippen LogP contribution in [0.25, 0.3) is 0 Å². The Morgan fingerprint density at radius 3 is 2.25 bits per heavy atom. The van der Waals surface area contributed by atoms with Gasteiger partial charge in [-0.15, -0.1) is 0 Å². The molecule has 0 saturated heterocycles. The number of anilines is 1. The van der Waals surface area contributed by atoms with Crippen molar-refractivity contribution in [2.45, 2.75) is 52.6 Å². The minimum Gasteiger partial charge on any atom is -0.354 e. The van der Waals surface area contributed by atoms with E-state index < -0.39 is 27.7 Å². The number of hydrogen-bond donors (Lipinski definition) is 1. The molecule has 2 amide bonds. The first-order valence-electron chi connectivity index (χ1n) is 12.0. The van der Waals surface area contributed by atoms with Crippen molar-refractivity contribution in [3.63, 3.8) is 0 Å². The molecule has 7 nitrogen and oxygen atoms in total. The number of sulfonamides is 1. The monoisotopic (exact) mass is 523 g/mol. The van der Waals surface area contributed by atoms with Gasteiger partial charge >= 0.3 is 0 Å². The summed E-state index contributed by atoms with van der Waals surface area (Å²) in [6, 6.07) is 11.5. The first-order valence-corrected chi connectivity index (χ1v) is 13.8. The molecule has 2 aromatic carbocycles. The minimum atomic E-state index is -3.81. The van der Waals surface area contributed by atoms with E-state index in [2.05, 4.69) is 5.32 Å². The Morgan fingerprint density at radius 1 is 1.03 bits per heavy atom. The fourth-order valence-corrected chi connectivity index (χ4v) is 4.72. The van der Waals surface area contributed by atoms with Crippen LogP contribution in [0.5, 0.6) is 0 Å². The second-order valence-corrected chi connectivity index (χ2v) is 11.0. The van der Waals surface area contributed by atoms with Crippen molar-refractivity contribution in [1.82, 2.24) is 10.2 Å². The maximum atomic E-state index is 13.7. The Balaban J connectivity index is 2.19. The van der Waals surface area contributed by atoms with Crippen LogP contribution >= 0.6 is 0 Å². The van der Waals surface area contributed by atoms with Gasteiger partial charge in [-0.1, -0.05) is 51.1 Å². The third kappa shape index (κ3) is 8.58. The Kier molecular flexibility index (Phi) is 10.8. The van der Waals surface area contributed by atoms with E-state index in [1.54, 1.807) is 0 Å². The number of amides is 2. The number of carbonyl (C=O) groups is 2. The molecule has 0 fully saturated rings. The lowest BCUT2D eigenvalue weighted by atomic mass is 10.1. The van der Waals surface area contributed by atoms with Gasteiger partial charge in [0.15, 0.2) is 11.6 Å². The van der Waals surface area contributed by atoms with E-state index in [1.807, 2.05) is 51.1 Å². The predicted molar refractivity (Wildman–Crippen MR) is 137 cm³/mol. The topological polar surface area (TPSA) is 86.8 Å². The van der Waals surface area contributed by atoms with Crippen LogP contribution in [0.3, 0.4) is 0 Å². The molecular formula is C26H35F2N3O4S. The van der Waals surface area contributed by atoms with Gasteiger partial charge in [-0.2, -0.15) is 0 Å². The fraction of sp³-hybridized carbons (Fsp3) is 0.462. The maximum absolute atomic E-state index is 13.7. The Labute approximate surface area is 212 Å². The molecule has 2 aromatic rings. The quantitative estimate of drug-likeness (QED) is 0.429. The van der Waals surface area contributed by atoms with Crippen molar-refractivity contribution in [1.29, 1.82) is 0 Å². The third-order valence-electron chi connectivity index (χ3n) is 5.61. The van der Waals surface area contributed by atoms with Crippen LogP contribution in [-0.2, 0) is 26.2 Å². The summed E-state index contributed by atoms with van der Waals surface area (Å²) >= 11 is 0. The average molecular weight is 524 g/mol. The lowest BCUT2D eigenvalue weighted by Gasteiger charge is -2.31. The highest BCUT2D eigenvalue weighted by Gasteiger charge is 2.29. The number of nitrogens with one attached hydrogen (secondary N) is 1. The van der Waals surface area contributed by atoms with Crippen LogP contribution < -0.4 is 9.62 Å². The standard InChI is InChI=1S/C26H35F2N3O4S/c1-5-24(26(33)29-17-19(2)3)30(18-20-10-7-6-8-11-20)25(32)12-9-15-31(36(4,34)35)21-13-14-22(27)23(28)16-21/h6-8,10-11,13-14,16,19,24H,5,9,12,15,17-18H2,1-4H3,(H,29,33). The Morgan fingerprint density at radius 2 is 1.69 bits per heavy atom. The largest absolute Gasteiger partial charge is 0.354 e. The number of rotatable bonds is 13. The zero-order chi connectivity index (χ0) is 26.9. The summed E-state index contributed by atoms with van der Waals surface area (Å²) in [7, 11) is -3.81. The van der Waals surface area contributed by atoms with E-state index >= 15 is 0 Å². The lowest BCUT2D eigenvalue weighted by Crippen LogP contribution is -2.49. The van der Waals surface area contributed by atoms with Gasteiger partial charge in [0.2, 0.25) is 21.8 Å². The van der Waals surface area contributed by atoms with E-state index in [9.17, 15) is 26.8 Å². The van der Waals surface area contributed by atoms with Crippen molar-refractivity contribution in [2.75, 3.05) is 23.7 Å². The SMILES string of the molecule is CCC(C(=O)NCC(C)C)N(Cc1ccccc1)C(=O)CCCN(c1ccc(F)c(F)c1)S(C)(=O)=O. The predicted octanol–water partition coefficient (Wildman–Crippen LogP) is 4.09. The molecule has 0 spiro atoms. The molecule has 1 atom stereocenters. The molecule has 0 saturated carbocycles. The number of carbonyl (C=O) groups excluding carboxylic acids is 2. The molecule has 0 aliphatic heterocycles. The summed E-state index contributed by atoms with van der Waals surface area (Å²) in [5, 5.41) is 2.89. The molecule has 0 radical (unpaired) electrons. The number of hydrogen-bond acceptors (Lipinski definition) is 4. The summed E-state index contributed by atoms with van der Waals surface area (Å²) < 4.78 is 52.6. The molecule has 10 heteroatoms. The van der Waals surface area contributed by atoms with Gasteiger partial charge in [0.05, 0.1) is 11.9 Å². The second-order valence-electron chi connectivity index (χ2n) is 9.11. The molecule has 0 aliphatic carbocycles. The van der Waals surface area contributed by atoms with E-state index in [4.69, 9.17) is 0 Å². The molecule has 0 bridgehead atoms. The minimum absolute atomic E-state index is 0.0236. The summed E-state index contributed by atoms with van der Waals surface area (Å²) in [6.45, 7) is 6.40. The lowest BCUT2D eigenvalue weighted by molar-refractivity contribution is -0.141. The van der Waals surface area contributed by atoms with E-state index in [0.717, 1.165) is 28.3 Å². The molecule has 198 valence electrons. The molecule has 0 aliphatic rings. The first-order chi connectivity index (χ1) is 16.9. The molecule has 2 rings (SSSR count). The second kappa shape index (κ2) is 13.3. The van der Waals surface area contributed by atoms with Gasteiger partial charge in [-0.3, -0.25) is 13.9 Å². The number of benzene rings is 2. The van der Waals surface area contributed by atoms with Crippen LogP contribution in [0.2, 0.25) is 0 Å². The van der Waals surface area contributed by atoms with Gasteiger partial charge in [-0.25, -0.2) is 17.2 Å². The van der Waals surface area contributed by atoms with Crippen molar-refractivity contribution in [3.05, 3.63) is 65.7 Å². The molecular weight excluding hydrogens is 488 g/mol. The highest BCUT2D eigenvalue weighted by Crippen LogP contribution is 2.22. The Bertz CT molecular complexity index is 1130. The van der Waals surface area contributed by atoms with Crippen LogP contribution in [-0.4, -0.2) is 50.5 Å². The van der Waals surface area contributed by atoms with Crippen LogP contribution in [0.15, 0.2) is 48.5 Å². The molecule has 36 heavy (non-hydrogen) atoms. The summed E-state index contributed by atoms with van der Waals surface area (Å²) in [5.74, 6) is -2.54. The van der Waals surface area contributed by atoms with Crippen molar-refractivity contribution >= 4 is 27.5 Å². The number of halogens is 2.